The van der Waals surface area contributed by atoms with Crippen LogP contribution in [0.3, 0.4) is 0 Å². The van der Waals surface area contributed by atoms with Gasteiger partial charge in [-0.15, -0.1) is 11.3 Å². The molecule has 4 heterocycles. The summed E-state index contributed by atoms with van der Waals surface area (Å²) in [7, 11) is -3.81. The van der Waals surface area contributed by atoms with Crippen LogP contribution in [0.1, 0.15) is 16.2 Å². The first kappa shape index (κ1) is 19.5. The van der Waals surface area contributed by atoms with E-state index in [-0.39, 0.29) is 27.6 Å². The number of nitrogens with one attached hydrogen (secondary N) is 1. The lowest BCUT2D eigenvalue weighted by atomic mass is 10.3. The molecule has 3 aromatic heterocycles. The van der Waals surface area contributed by atoms with Crippen LogP contribution in [0.2, 0.25) is 0 Å². The Morgan fingerprint density at radius 3 is 2.79 bits per heavy atom. The summed E-state index contributed by atoms with van der Waals surface area (Å²) in [5.74, 6) is -0.141. The quantitative estimate of drug-likeness (QED) is 0.642. The second-order valence-electron chi connectivity index (χ2n) is 6.31. The Labute approximate surface area is 170 Å². The van der Waals surface area contributed by atoms with Crippen molar-refractivity contribution in [1.29, 1.82) is 0 Å². The molecule has 1 N–H and O–H groups in total. The topological polar surface area (TPSA) is 128 Å². The van der Waals surface area contributed by atoms with E-state index in [1.807, 2.05) is 6.92 Å². The lowest BCUT2D eigenvalue weighted by molar-refractivity contribution is 0.0272. The van der Waals surface area contributed by atoms with Crippen LogP contribution in [0.25, 0.3) is 11.4 Å². The third kappa shape index (κ3) is 4.28. The van der Waals surface area contributed by atoms with Gasteiger partial charge in [-0.25, -0.2) is 13.4 Å². The molecule has 0 aliphatic carbocycles. The highest BCUT2D eigenvalue weighted by molar-refractivity contribution is 7.94. The Bertz CT molecular complexity index is 1120. The third-order valence-electron chi connectivity index (χ3n) is 4.16. The van der Waals surface area contributed by atoms with E-state index < -0.39 is 10.0 Å². The molecule has 1 aliphatic heterocycles. The number of morpholine rings is 1. The molecule has 0 unspecified atom stereocenters. The second-order valence-corrected chi connectivity index (χ2v) is 9.13. The maximum absolute atomic E-state index is 12.6. The molecule has 1 aliphatic rings. The van der Waals surface area contributed by atoms with Gasteiger partial charge in [0.05, 0.1) is 13.2 Å². The molecule has 29 heavy (non-hydrogen) atoms. The van der Waals surface area contributed by atoms with E-state index in [1.165, 1.54) is 6.07 Å². The van der Waals surface area contributed by atoms with Gasteiger partial charge in [0.25, 0.3) is 10.0 Å². The highest BCUT2D eigenvalue weighted by Gasteiger charge is 2.25. The SMILES string of the molecule is Cc1ccc(NS(=O)(=O)c2cc(-c3noc(C(=O)N4CCOCC4)n3)cs2)nc1. The van der Waals surface area contributed by atoms with Crippen molar-refractivity contribution in [1.82, 2.24) is 20.0 Å². The van der Waals surface area contributed by atoms with Gasteiger partial charge in [0.15, 0.2) is 0 Å². The maximum atomic E-state index is 12.6. The number of ether oxygens (including phenoxy) is 1. The minimum Gasteiger partial charge on any atom is -0.378 e. The van der Waals surface area contributed by atoms with Gasteiger partial charge in [0.2, 0.25) is 5.82 Å². The molecule has 0 atom stereocenters. The molecular formula is C17H17N5O5S2. The van der Waals surface area contributed by atoms with Gasteiger partial charge in [-0.1, -0.05) is 11.2 Å². The number of hydrogen-bond acceptors (Lipinski definition) is 9. The maximum Gasteiger partial charge on any atom is 0.316 e. The standard InChI is InChI=1S/C17H17N5O5S2/c1-11-2-3-13(18-9-11)21-29(24,25)14-8-12(10-28-14)15-19-16(27-20-15)17(23)22-4-6-26-7-5-22/h2-3,8-10H,4-7H2,1H3,(H,18,21). The van der Waals surface area contributed by atoms with E-state index in [2.05, 4.69) is 19.8 Å². The zero-order valence-corrected chi connectivity index (χ0v) is 17.0. The fourth-order valence-corrected chi connectivity index (χ4v) is 4.79. The summed E-state index contributed by atoms with van der Waals surface area (Å²) in [5.41, 5.74) is 1.36. The monoisotopic (exact) mass is 435 g/mol. The second kappa shape index (κ2) is 7.89. The number of pyridine rings is 1. The normalized spacial score (nSPS) is 14.7. The van der Waals surface area contributed by atoms with Crippen molar-refractivity contribution in [2.75, 3.05) is 31.0 Å². The van der Waals surface area contributed by atoms with Crippen LogP contribution in [-0.4, -0.2) is 60.7 Å². The van der Waals surface area contributed by atoms with E-state index in [0.717, 1.165) is 16.9 Å². The fraction of sp³-hybridized carbons (Fsp3) is 0.294. The van der Waals surface area contributed by atoms with E-state index in [0.29, 0.717) is 31.9 Å². The van der Waals surface area contributed by atoms with Crippen molar-refractivity contribution in [3.8, 4) is 11.4 Å². The van der Waals surface area contributed by atoms with Crippen LogP contribution >= 0.6 is 11.3 Å². The number of thiophene rings is 1. The first-order valence-electron chi connectivity index (χ1n) is 8.67. The molecule has 1 amide bonds. The molecule has 0 bridgehead atoms. The summed E-state index contributed by atoms with van der Waals surface area (Å²) in [6.07, 6.45) is 1.57. The average molecular weight is 435 g/mol. The average Bonchev–Trinajstić information content (AvgIpc) is 3.40. The van der Waals surface area contributed by atoms with Gasteiger partial charge in [0.1, 0.15) is 10.0 Å². The first-order chi connectivity index (χ1) is 13.9. The zero-order valence-electron chi connectivity index (χ0n) is 15.4. The Balaban J connectivity index is 1.51. The fourth-order valence-electron chi connectivity index (χ4n) is 2.62. The molecule has 0 saturated carbocycles. The number of rotatable bonds is 5. The van der Waals surface area contributed by atoms with Crippen molar-refractivity contribution in [3.63, 3.8) is 0 Å². The zero-order chi connectivity index (χ0) is 20.4. The first-order valence-corrected chi connectivity index (χ1v) is 11.0. The predicted molar refractivity (Wildman–Crippen MR) is 104 cm³/mol. The summed E-state index contributed by atoms with van der Waals surface area (Å²) >= 11 is 1.01. The largest absolute Gasteiger partial charge is 0.378 e. The predicted octanol–water partition coefficient (Wildman–Crippen LogP) is 1.77. The minimum absolute atomic E-state index is 0.0701. The number of aromatic nitrogens is 3. The van der Waals surface area contributed by atoms with Gasteiger partial charge in [-0.05, 0) is 24.6 Å². The van der Waals surface area contributed by atoms with Crippen LogP contribution < -0.4 is 4.72 Å². The molecule has 12 heteroatoms. The van der Waals surface area contributed by atoms with Crippen molar-refractivity contribution in [2.45, 2.75) is 11.1 Å². The lowest BCUT2D eigenvalue weighted by Crippen LogP contribution is -2.40. The number of aryl methyl sites for hydroxylation is 1. The third-order valence-corrected chi connectivity index (χ3v) is 6.95. The molecule has 4 rings (SSSR count). The van der Waals surface area contributed by atoms with E-state index in [4.69, 9.17) is 9.26 Å². The minimum atomic E-state index is -3.81. The Hall–Kier alpha value is -2.83. The molecule has 10 nitrogen and oxygen atoms in total. The molecule has 0 aromatic carbocycles. The summed E-state index contributed by atoms with van der Waals surface area (Å²) in [4.78, 5) is 22.1. The molecule has 1 saturated heterocycles. The summed E-state index contributed by atoms with van der Waals surface area (Å²) < 4.78 is 37.9. The van der Waals surface area contributed by atoms with E-state index in [9.17, 15) is 13.2 Å². The lowest BCUT2D eigenvalue weighted by Gasteiger charge is -2.25. The summed E-state index contributed by atoms with van der Waals surface area (Å²) in [6.45, 7) is 3.69. The van der Waals surface area contributed by atoms with Gasteiger partial charge in [-0.3, -0.25) is 9.52 Å². The highest BCUT2D eigenvalue weighted by atomic mass is 32.2. The Morgan fingerprint density at radius 2 is 2.07 bits per heavy atom. The molecule has 1 fully saturated rings. The van der Waals surface area contributed by atoms with Gasteiger partial charge < -0.3 is 14.2 Å². The van der Waals surface area contributed by atoms with Crippen LogP contribution in [0.15, 0.2) is 38.5 Å². The Kier molecular flexibility index (Phi) is 5.30. The van der Waals surface area contributed by atoms with Crippen molar-refractivity contribution in [2.24, 2.45) is 0 Å². The molecular weight excluding hydrogens is 418 g/mol. The van der Waals surface area contributed by atoms with E-state index in [1.54, 1.807) is 28.6 Å². The van der Waals surface area contributed by atoms with Crippen molar-refractivity contribution in [3.05, 3.63) is 41.2 Å². The summed E-state index contributed by atoms with van der Waals surface area (Å²) in [6, 6.07) is 4.77. The number of anilines is 1. The Morgan fingerprint density at radius 1 is 1.28 bits per heavy atom. The molecule has 152 valence electrons. The van der Waals surface area contributed by atoms with Gasteiger partial charge >= 0.3 is 11.8 Å². The summed E-state index contributed by atoms with van der Waals surface area (Å²) in [5, 5.41) is 5.39. The van der Waals surface area contributed by atoms with Gasteiger partial charge in [0, 0.05) is 30.2 Å². The van der Waals surface area contributed by atoms with Crippen LogP contribution in [0.4, 0.5) is 5.82 Å². The number of amides is 1. The molecule has 0 spiro atoms. The number of carbonyl (C=O) groups excluding carboxylic acids is 1. The van der Waals surface area contributed by atoms with Crippen LogP contribution in [0, 0.1) is 6.92 Å². The van der Waals surface area contributed by atoms with E-state index >= 15 is 0 Å². The number of nitrogens with zero attached hydrogens (tertiary/aromatic N) is 4. The smallest absolute Gasteiger partial charge is 0.316 e. The molecule has 0 radical (unpaired) electrons. The number of carbonyl (C=O) groups is 1. The highest BCUT2D eigenvalue weighted by Crippen LogP contribution is 2.28. The molecule has 3 aromatic rings. The van der Waals surface area contributed by atoms with Crippen molar-refractivity contribution < 1.29 is 22.5 Å². The number of hydrogen-bond donors (Lipinski definition) is 1. The van der Waals surface area contributed by atoms with Crippen LogP contribution in [-0.2, 0) is 14.8 Å². The van der Waals surface area contributed by atoms with Crippen molar-refractivity contribution >= 4 is 33.1 Å². The van der Waals surface area contributed by atoms with Crippen LogP contribution in [0.5, 0.6) is 0 Å². The number of sulfonamides is 1. The van der Waals surface area contributed by atoms with Gasteiger partial charge in [-0.2, -0.15) is 4.98 Å².